The molecular weight excluding hydrogens is 265 g/mol. The summed E-state index contributed by atoms with van der Waals surface area (Å²) in [5.74, 6) is 0. The van der Waals surface area contributed by atoms with Crippen molar-refractivity contribution < 1.29 is 0 Å². The molecule has 0 radical (unpaired) electrons. The molecule has 0 saturated carbocycles. The molecule has 0 spiro atoms. The van der Waals surface area contributed by atoms with Crippen LogP contribution in [0.1, 0.15) is 16.7 Å². The summed E-state index contributed by atoms with van der Waals surface area (Å²) < 4.78 is 0. The van der Waals surface area contributed by atoms with Gasteiger partial charge in [-0.3, -0.25) is 4.99 Å². The summed E-state index contributed by atoms with van der Waals surface area (Å²) in [6.07, 6.45) is 1.02. The van der Waals surface area contributed by atoms with E-state index in [1.165, 1.54) is 11.1 Å². The third-order valence-electron chi connectivity index (χ3n) is 3.05. The highest BCUT2D eigenvalue weighted by Crippen LogP contribution is 2.24. The van der Waals surface area contributed by atoms with E-state index in [9.17, 15) is 0 Å². The average molecular weight is 278 g/mol. The predicted octanol–water partition coefficient (Wildman–Crippen LogP) is 4.16. The molecule has 0 aliphatic carbocycles. The minimum atomic E-state index is 0. The van der Waals surface area contributed by atoms with Gasteiger partial charge in [-0.15, -0.1) is 12.4 Å². The van der Waals surface area contributed by atoms with Gasteiger partial charge in [0.05, 0.1) is 5.71 Å². The van der Waals surface area contributed by atoms with Gasteiger partial charge in [0.2, 0.25) is 0 Å². The van der Waals surface area contributed by atoms with Crippen LogP contribution in [0.2, 0.25) is 5.02 Å². The molecule has 3 rings (SSSR count). The van der Waals surface area contributed by atoms with E-state index < -0.39 is 0 Å². The third-order valence-corrected chi connectivity index (χ3v) is 3.38. The van der Waals surface area contributed by atoms with Crippen LogP contribution in [0, 0.1) is 0 Å². The standard InChI is InChI=1S/C15H12ClN.ClH/c16-14-8-4-3-7-13(14)15-12-6-2-1-5-11(12)9-10-17-15;/h1-8H,9-10H2;1H. The van der Waals surface area contributed by atoms with Crippen LogP contribution in [-0.2, 0) is 6.42 Å². The maximum Gasteiger partial charge on any atom is 0.0736 e. The Hall–Kier alpha value is -1.31. The van der Waals surface area contributed by atoms with E-state index in [1.54, 1.807) is 0 Å². The summed E-state index contributed by atoms with van der Waals surface area (Å²) in [6.45, 7) is 0.845. The highest BCUT2D eigenvalue weighted by atomic mass is 35.5. The Kier molecular flexibility index (Phi) is 4.05. The molecule has 0 unspecified atom stereocenters. The maximum absolute atomic E-state index is 6.24. The molecule has 2 aromatic carbocycles. The van der Waals surface area contributed by atoms with E-state index in [0.717, 1.165) is 29.3 Å². The predicted molar refractivity (Wildman–Crippen MR) is 79.4 cm³/mol. The minimum Gasteiger partial charge on any atom is -0.284 e. The fourth-order valence-corrected chi connectivity index (χ4v) is 2.45. The molecule has 1 heterocycles. The average Bonchev–Trinajstić information content (AvgIpc) is 2.39. The highest BCUT2D eigenvalue weighted by Gasteiger charge is 2.16. The Morgan fingerprint density at radius 3 is 2.33 bits per heavy atom. The normalized spacial score (nSPS) is 13.3. The van der Waals surface area contributed by atoms with Crippen LogP contribution < -0.4 is 0 Å². The number of nitrogens with zero attached hydrogens (tertiary/aromatic N) is 1. The molecule has 0 N–H and O–H groups in total. The molecule has 18 heavy (non-hydrogen) atoms. The van der Waals surface area contributed by atoms with Gasteiger partial charge in [-0.2, -0.15) is 0 Å². The molecule has 0 aromatic heterocycles. The van der Waals surface area contributed by atoms with Gasteiger partial charge in [-0.05, 0) is 18.1 Å². The van der Waals surface area contributed by atoms with Gasteiger partial charge < -0.3 is 0 Å². The number of rotatable bonds is 1. The fraction of sp³-hybridized carbons (Fsp3) is 0.133. The van der Waals surface area contributed by atoms with Crippen molar-refractivity contribution >= 4 is 29.7 Å². The highest BCUT2D eigenvalue weighted by molar-refractivity contribution is 6.35. The Morgan fingerprint density at radius 1 is 0.889 bits per heavy atom. The smallest absolute Gasteiger partial charge is 0.0736 e. The lowest BCUT2D eigenvalue weighted by Crippen LogP contribution is -2.14. The molecule has 1 nitrogen and oxygen atoms in total. The second-order valence-corrected chi connectivity index (χ2v) is 4.52. The van der Waals surface area contributed by atoms with E-state index in [0.29, 0.717) is 0 Å². The topological polar surface area (TPSA) is 12.4 Å². The molecule has 3 heteroatoms. The van der Waals surface area contributed by atoms with Crippen molar-refractivity contribution in [2.45, 2.75) is 6.42 Å². The molecule has 0 saturated heterocycles. The molecule has 1 aliphatic heterocycles. The molecule has 0 fully saturated rings. The van der Waals surface area contributed by atoms with Crippen molar-refractivity contribution in [1.29, 1.82) is 0 Å². The third kappa shape index (κ3) is 2.29. The van der Waals surface area contributed by atoms with Crippen LogP contribution in [0.3, 0.4) is 0 Å². The fourth-order valence-electron chi connectivity index (χ4n) is 2.23. The van der Waals surface area contributed by atoms with Crippen LogP contribution in [0.5, 0.6) is 0 Å². The lowest BCUT2D eigenvalue weighted by molar-refractivity contribution is 0.944. The van der Waals surface area contributed by atoms with Gasteiger partial charge in [0.25, 0.3) is 0 Å². The Labute approximate surface area is 118 Å². The SMILES string of the molecule is Cl.Clc1ccccc1C1=NCCc2ccccc21. The Bertz CT molecular complexity index is 591. The lowest BCUT2D eigenvalue weighted by atomic mass is 9.93. The Morgan fingerprint density at radius 2 is 1.56 bits per heavy atom. The Balaban J connectivity index is 0.00000120. The van der Waals surface area contributed by atoms with Gasteiger partial charge in [0.15, 0.2) is 0 Å². The van der Waals surface area contributed by atoms with Crippen molar-refractivity contribution in [3.63, 3.8) is 0 Å². The lowest BCUT2D eigenvalue weighted by Gasteiger charge is -2.17. The number of hydrogen-bond donors (Lipinski definition) is 0. The van der Waals surface area contributed by atoms with Gasteiger partial charge in [-0.25, -0.2) is 0 Å². The molecule has 0 bridgehead atoms. The van der Waals surface area contributed by atoms with Crippen molar-refractivity contribution in [3.05, 3.63) is 70.2 Å². The number of aliphatic imine (C=N–C) groups is 1. The summed E-state index contributed by atoms with van der Waals surface area (Å²) in [4.78, 5) is 4.63. The molecule has 2 aromatic rings. The van der Waals surface area contributed by atoms with E-state index in [1.807, 2.05) is 24.3 Å². The molecule has 92 valence electrons. The minimum absolute atomic E-state index is 0. The van der Waals surface area contributed by atoms with Crippen molar-refractivity contribution in [2.75, 3.05) is 6.54 Å². The first-order valence-electron chi connectivity index (χ1n) is 5.74. The first-order chi connectivity index (χ1) is 8.36. The zero-order chi connectivity index (χ0) is 11.7. The number of benzene rings is 2. The summed E-state index contributed by atoms with van der Waals surface area (Å²) in [6, 6.07) is 16.3. The second kappa shape index (κ2) is 5.55. The maximum atomic E-state index is 6.24. The number of fused-ring (bicyclic) bond motifs is 1. The van der Waals surface area contributed by atoms with Gasteiger partial charge in [0, 0.05) is 22.7 Å². The van der Waals surface area contributed by atoms with Gasteiger partial charge in [-0.1, -0.05) is 54.1 Å². The number of halogens is 2. The van der Waals surface area contributed by atoms with Crippen LogP contribution in [0.25, 0.3) is 0 Å². The van der Waals surface area contributed by atoms with Crippen LogP contribution in [0.15, 0.2) is 53.5 Å². The molecular formula is C15H13Cl2N. The second-order valence-electron chi connectivity index (χ2n) is 4.12. The van der Waals surface area contributed by atoms with Crippen molar-refractivity contribution in [1.82, 2.24) is 0 Å². The van der Waals surface area contributed by atoms with E-state index in [-0.39, 0.29) is 12.4 Å². The van der Waals surface area contributed by atoms with Gasteiger partial charge >= 0.3 is 0 Å². The summed E-state index contributed by atoms with van der Waals surface area (Å²) >= 11 is 6.24. The monoisotopic (exact) mass is 277 g/mol. The zero-order valence-electron chi connectivity index (χ0n) is 9.77. The number of hydrogen-bond acceptors (Lipinski definition) is 1. The van der Waals surface area contributed by atoms with E-state index in [4.69, 9.17) is 11.6 Å². The van der Waals surface area contributed by atoms with Crippen molar-refractivity contribution in [2.24, 2.45) is 4.99 Å². The molecule has 0 atom stereocenters. The summed E-state index contributed by atoms with van der Waals surface area (Å²) in [7, 11) is 0. The first kappa shape index (κ1) is 13.1. The molecule has 0 amide bonds. The molecule has 1 aliphatic rings. The van der Waals surface area contributed by atoms with Crippen LogP contribution >= 0.6 is 24.0 Å². The largest absolute Gasteiger partial charge is 0.284 e. The van der Waals surface area contributed by atoms with Gasteiger partial charge in [0.1, 0.15) is 0 Å². The van der Waals surface area contributed by atoms with Crippen molar-refractivity contribution in [3.8, 4) is 0 Å². The zero-order valence-corrected chi connectivity index (χ0v) is 11.3. The van der Waals surface area contributed by atoms with Crippen LogP contribution in [0.4, 0.5) is 0 Å². The summed E-state index contributed by atoms with van der Waals surface area (Å²) in [5, 5.41) is 0.767. The van der Waals surface area contributed by atoms with E-state index >= 15 is 0 Å². The summed E-state index contributed by atoms with van der Waals surface area (Å²) in [5.41, 5.74) is 4.63. The quantitative estimate of drug-likeness (QED) is 0.743. The first-order valence-corrected chi connectivity index (χ1v) is 6.12. The van der Waals surface area contributed by atoms with Crippen LogP contribution in [-0.4, -0.2) is 12.3 Å². The van der Waals surface area contributed by atoms with E-state index in [2.05, 4.69) is 29.3 Å².